The van der Waals surface area contributed by atoms with Gasteiger partial charge in [-0.1, -0.05) is 12.1 Å². The lowest BCUT2D eigenvalue weighted by atomic mass is 9.82. The number of benzene rings is 1. The van der Waals surface area contributed by atoms with Gasteiger partial charge in [0, 0.05) is 25.7 Å². The van der Waals surface area contributed by atoms with Crippen LogP contribution in [0.1, 0.15) is 56.9 Å². The van der Waals surface area contributed by atoms with Crippen molar-refractivity contribution < 1.29 is 36.2 Å². The lowest BCUT2D eigenvalue weighted by molar-refractivity contribution is -0.00709. The van der Waals surface area contributed by atoms with E-state index >= 15 is 0 Å². The minimum atomic E-state index is -3.93. The number of likely N-dealkylation sites (tertiary alicyclic amines) is 1. The molecule has 2 fully saturated rings. The average Bonchev–Trinajstić information content (AvgIpc) is 3.11. The number of amides is 1. The van der Waals surface area contributed by atoms with Crippen LogP contribution in [0.15, 0.2) is 24.3 Å². The summed E-state index contributed by atoms with van der Waals surface area (Å²) in [6.07, 6.45) is 2.47. The molecule has 0 bridgehead atoms. The Balaban J connectivity index is 1.59. The maximum Gasteiger partial charge on any atom is 0.407 e. The fraction of sp³-hybridized carbons (Fsp3) is 0.696. The number of hydrogen-bond acceptors (Lipinski definition) is 5. The third-order valence-corrected chi connectivity index (χ3v) is 9.35. The summed E-state index contributed by atoms with van der Waals surface area (Å²) in [4.78, 5) is 13.2. The summed E-state index contributed by atoms with van der Waals surface area (Å²) in [7, 11) is -2.56. The summed E-state index contributed by atoms with van der Waals surface area (Å²) in [6.45, 7) is 1.86. The summed E-state index contributed by atoms with van der Waals surface area (Å²) < 4.78 is 68.8. The first-order valence-electron chi connectivity index (χ1n) is 12.2. The molecule has 3 rings (SSSR count). The van der Waals surface area contributed by atoms with Crippen molar-refractivity contribution in [1.29, 1.82) is 0 Å². The second-order valence-electron chi connectivity index (χ2n) is 9.63. The first-order chi connectivity index (χ1) is 17.0. The van der Waals surface area contributed by atoms with Crippen molar-refractivity contribution in [2.24, 2.45) is 0 Å². The fourth-order valence-corrected chi connectivity index (χ4v) is 6.74. The molecule has 4 atom stereocenters. The highest BCUT2D eigenvalue weighted by atomic mass is 32.2. The van der Waals surface area contributed by atoms with Gasteiger partial charge in [0.15, 0.2) is 11.1 Å². The Labute approximate surface area is 214 Å². The highest BCUT2D eigenvalue weighted by Crippen LogP contribution is 2.35. The van der Waals surface area contributed by atoms with Gasteiger partial charge in [0.1, 0.15) is 5.82 Å². The van der Waals surface area contributed by atoms with Crippen molar-refractivity contribution in [1.82, 2.24) is 13.9 Å². The number of carboxylic acid groups (broad SMARTS) is 1. The van der Waals surface area contributed by atoms with Gasteiger partial charge in [-0.25, -0.2) is 13.4 Å². The zero-order valence-electron chi connectivity index (χ0n) is 20.6. The van der Waals surface area contributed by atoms with Crippen molar-refractivity contribution in [3.05, 3.63) is 35.6 Å². The van der Waals surface area contributed by atoms with Crippen LogP contribution < -0.4 is 4.72 Å². The average molecular weight is 550 g/mol. The van der Waals surface area contributed by atoms with Crippen molar-refractivity contribution >= 4 is 27.4 Å². The number of carbonyl (C=O) groups is 1. The molecule has 1 aromatic rings. The van der Waals surface area contributed by atoms with E-state index in [1.54, 1.807) is 19.1 Å². The number of halogens is 1. The summed E-state index contributed by atoms with van der Waals surface area (Å²) in [5, 5.41) is 9.77. The van der Waals surface area contributed by atoms with Crippen LogP contribution >= 0.6 is 0 Å². The first kappa shape index (κ1) is 28.9. The quantitative estimate of drug-likeness (QED) is 0.361. The minimum absolute atomic E-state index is 0.0367. The molecule has 3 N–H and O–H groups in total. The van der Waals surface area contributed by atoms with Crippen LogP contribution in [0.2, 0.25) is 0 Å². The van der Waals surface area contributed by atoms with Crippen LogP contribution in [0, 0.1) is 5.82 Å². The zero-order valence-corrected chi connectivity index (χ0v) is 22.2. The molecule has 1 unspecified atom stereocenters. The fourth-order valence-electron chi connectivity index (χ4n) is 5.18. The van der Waals surface area contributed by atoms with E-state index in [2.05, 4.69) is 4.72 Å². The van der Waals surface area contributed by atoms with Crippen molar-refractivity contribution in [2.45, 2.75) is 75.6 Å². The van der Waals surface area contributed by atoms with Crippen LogP contribution in [0.4, 0.5) is 9.18 Å². The van der Waals surface area contributed by atoms with E-state index in [0.29, 0.717) is 6.42 Å². The molecule has 1 heterocycles. The molecule has 0 spiro atoms. The van der Waals surface area contributed by atoms with Gasteiger partial charge in [-0.15, -0.1) is 0 Å². The van der Waals surface area contributed by atoms with Gasteiger partial charge in [-0.3, -0.25) is 4.90 Å². The Morgan fingerprint density at radius 1 is 1.31 bits per heavy atom. The number of nitrogens with one attached hydrogen (secondary N) is 1. The predicted molar refractivity (Wildman–Crippen MR) is 134 cm³/mol. The smallest absolute Gasteiger partial charge is 0.407 e. The Kier molecular flexibility index (Phi) is 10.2. The Bertz CT molecular complexity index is 1020. The van der Waals surface area contributed by atoms with Gasteiger partial charge in [0.2, 0.25) is 0 Å². The van der Waals surface area contributed by atoms with Crippen LogP contribution in [0.3, 0.4) is 0 Å². The molecule has 2 aliphatic rings. The van der Waals surface area contributed by atoms with Gasteiger partial charge < -0.3 is 14.4 Å². The summed E-state index contributed by atoms with van der Waals surface area (Å²) in [5.74, 6) is -0.0381. The predicted octanol–water partition coefficient (Wildman–Crippen LogP) is 2.76. The van der Waals surface area contributed by atoms with Crippen molar-refractivity contribution in [2.75, 3.05) is 26.0 Å². The third-order valence-electron chi connectivity index (χ3n) is 7.11. The highest BCUT2D eigenvalue weighted by molar-refractivity contribution is 7.87. The molecular formula is C23H36FN3O7S2. The molecule has 0 radical (unpaired) electrons. The van der Waals surface area contributed by atoms with Gasteiger partial charge in [0.25, 0.3) is 10.2 Å². The molecule has 204 valence electrons. The normalized spacial score (nSPS) is 27.9. The lowest BCUT2D eigenvalue weighted by Crippen LogP contribution is -2.52. The molecule has 1 amide bonds. The minimum Gasteiger partial charge on any atom is -0.465 e. The molecule has 1 saturated carbocycles. The summed E-state index contributed by atoms with van der Waals surface area (Å²) in [5.41, 5.74) is 0.971. The molecule has 13 heteroatoms. The third kappa shape index (κ3) is 7.68. The highest BCUT2D eigenvalue weighted by Gasteiger charge is 2.44. The maximum atomic E-state index is 13.6. The molecule has 10 nitrogen and oxygen atoms in total. The monoisotopic (exact) mass is 549 g/mol. The zero-order chi connectivity index (χ0) is 26.5. The van der Waals surface area contributed by atoms with E-state index < -0.39 is 45.5 Å². The van der Waals surface area contributed by atoms with E-state index in [1.807, 2.05) is 6.07 Å². The Morgan fingerprint density at radius 2 is 2.00 bits per heavy atom. The van der Waals surface area contributed by atoms with E-state index in [9.17, 15) is 26.9 Å². The SMILES string of the molecule is C[C@@H]1C[C@H](NS(=O)(=O)N(C)CCCS(=O)O)[C@H](COC2CCC(c3cccc(F)c3)CC2)N1C(=O)O. The van der Waals surface area contributed by atoms with E-state index in [4.69, 9.17) is 9.29 Å². The topological polar surface area (TPSA) is 136 Å². The van der Waals surface area contributed by atoms with Crippen LogP contribution in [-0.2, 0) is 26.0 Å². The van der Waals surface area contributed by atoms with Crippen molar-refractivity contribution in [3.8, 4) is 0 Å². The van der Waals surface area contributed by atoms with E-state index in [1.165, 1.54) is 18.0 Å². The number of ether oxygens (including phenoxy) is 1. The van der Waals surface area contributed by atoms with Gasteiger partial charge >= 0.3 is 6.09 Å². The molecule has 0 aromatic heterocycles. The Morgan fingerprint density at radius 3 is 2.61 bits per heavy atom. The summed E-state index contributed by atoms with van der Waals surface area (Å²) >= 11 is -2.00. The van der Waals surface area contributed by atoms with E-state index in [0.717, 1.165) is 35.6 Å². The van der Waals surface area contributed by atoms with Crippen LogP contribution in [-0.4, -0.2) is 87.8 Å². The molecule has 1 aromatic carbocycles. The molecule has 1 saturated heterocycles. The van der Waals surface area contributed by atoms with Crippen LogP contribution in [0.5, 0.6) is 0 Å². The second kappa shape index (κ2) is 12.7. The molecule has 1 aliphatic carbocycles. The molecular weight excluding hydrogens is 513 g/mol. The van der Waals surface area contributed by atoms with E-state index in [-0.39, 0.29) is 43.2 Å². The standard InChI is InChI=1S/C23H36FN3O7S2/c1-16-13-21(25-36(32,33)26(2)11-4-12-35(30)31)22(27(16)23(28)29)15-34-20-9-7-17(8-10-20)18-5-3-6-19(24)14-18/h3,5-6,14,16-17,20-22,25H,4,7-13,15H2,1-2H3,(H,28,29)(H,30,31)/t16-,17?,20?,21+,22+/m1/s1. The Hall–Kier alpha value is -1.64. The lowest BCUT2D eigenvalue weighted by Gasteiger charge is -2.33. The number of nitrogens with zero attached hydrogens (tertiary/aromatic N) is 2. The van der Waals surface area contributed by atoms with Gasteiger partial charge in [-0.05, 0) is 69.1 Å². The molecule has 1 aliphatic heterocycles. The number of hydrogen-bond donors (Lipinski definition) is 3. The number of rotatable bonds is 11. The van der Waals surface area contributed by atoms with Crippen LogP contribution in [0.25, 0.3) is 0 Å². The largest absolute Gasteiger partial charge is 0.465 e. The summed E-state index contributed by atoms with van der Waals surface area (Å²) in [6, 6.07) is 4.88. The molecule has 36 heavy (non-hydrogen) atoms. The maximum absolute atomic E-state index is 13.6. The van der Waals surface area contributed by atoms with Gasteiger partial charge in [-0.2, -0.15) is 17.4 Å². The second-order valence-corrected chi connectivity index (χ2v) is 12.5. The first-order valence-corrected chi connectivity index (χ1v) is 14.9. The van der Waals surface area contributed by atoms with Gasteiger partial charge in [0.05, 0.1) is 24.5 Å². The van der Waals surface area contributed by atoms with Crippen molar-refractivity contribution in [3.63, 3.8) is 0 Å².